The molecule has 0 atom stereocenters. The molecule has 1 aromatic heterocycles. The zero-order chi connectivity index (χ0) is 13.8. The summed E-state index contributed by atoms with van der Waals surface area (Å²) >= 11 is 0. The van der Waals surface area contributed by atoms with Crippen molar-refractivity contribution in [2.24, 2.45) is 0 Å². The zero-order valence-electron chi connectivity index (χ0n) is 11.1. The minimum Gasteiger partial charge on any atom is -0.465 e. The first-order valence-corrected chi connectivity index (χ1v) is 7.61. The van der Waals surface area contributed by atoms with Crippen LogP contribution in [0.1, 0.15) is 43.3 Å². The van der Waals surface area contributed by atoms with E-state index in [9.17, 15) is 13.5 Å². The van der Waals surface area contributed by atoms with Crippen molar-refractivity contribution in [3.8, 4) is 0 Å². The van der Waals surface area contributed by atoms with E-state index in [1.807, 2.05) is 0 Å². The van der Waals surface area contributed by atoms with Gasteiger partial charge in [-0.3, -0.25) is 0 Å². The first-order valence-electron chi connectivity index (χ1n) is 6.13. The van der Waals surface area contributed by atoms with Crippen molar-refractivity contribution >= 4 is 10.0 Å². The molecule has 0 amide bonds. The molecule has 18 heavy (non-hydrogen) atoms. The Kier molecular flexibility index (Phi) is 5.37. The fourth-order valence-electron chi connectivity index (χ4n) is 1.90. The van der Waals surface area contributed by atoms with Crippen LogP contribution in [-0.2, 0) is 16.6 Å². The Morgan fingerprint density at radius 1 is 1.22 bits per heavy atom. The Bertz CT molecular complexity index is 490. The number of aliphatic hydroxyl groups excluding tert-OH is 1. The van der Waals surface area contributed by atoms with Gasteiger partial charge in [0, 0.05) is 12.1 Å². The van der Waals surface area contributed by atoms with E-state index < -0.39 is 10.0 Å². The van der Waals surface area contributed by atoms with E-state index >= 15 is 0 Å². The number of nitrogens with one attached hydrogen (secondary N) is 1. The normalized spacial score (nSPS) is 12.0. The number of hydrogen-bond donors (Lipinski definition) is 2. The van der Waals surface area contributed by atoms with Crippen LogP contribution in [0.2, 0.25) is 0 Å². The van der Waals surface area contributed by atoms with Crippen LogP contribution in [0.4, 0.5) is 0 Å². The number of aliphatic hydroxyl groups is 1. The Morgan fingerprint density at radius 2 is 1.89 bits per heavy atom. The summed E-state index contributed by atoms with van der Waals surface area (Å²) in [6.07, 6.45) is 2.83. The first kappa shape index (κ1) is 15.2. The summed E-state index contributed by atoms with van der Waals surface area (Å²) in [7, 11) is -3.60. The number of unbranched alkanes of at least 4 members (excludes halogenated alkanes) is 2. The molecule has 0 saturated heterocycles. The van der Waals surface area contributed by atoms with E-state index in [1.165, 1.54) is 0 Å². The molecular formula is C12H21NO4S. The Morgan fingerprint density at radius 3 is 2.44 bits per heavy atom. The SMILES string of the molecule is CCCCCNS(=O)(=O)c1c(C)oc(C)c1CO. The minimum absolute atomic E-state index is 0.0824. The maximum absolute atomic E-state index is 12.1. The van der Waals surface area contributed by atoms with Gasteiger partial charge in [-0.25, -0.2) is 13.1 Å². The van der Waals surface area contributed by atoms with Crippen molar-refractivity contribution in [2.45, 2.75) is 51.5 Å². The average Bonchev–Trinajstić information content (AvgIpc) is 2.59. The fourth-order valence-corrected chi connectivity index (χ4v) is 3.41. The lowest BCUT2D eigenvalue weighted by atomic mass is 10.2. The Hall–Kier alpha value is -0.850. The third-order valence-electron chi connectivity index (χ3n) is 2.82. The highest BCUT2D eigenvalue weighted by molar-refractivity contribution is 7.89. The van der Waals surface area contributed by atoms with Gasteiger partial charge >= 0.3 is 0 Å². The molecule has 1 heterocycles. The molecule has 0 aliphatic rings. The summed E-state index contributed by atoms with van der Waals surface area (Å²) in [4.78, 5) is 0.0824. The summed E-state index contributed by atoms with van der Waals surface area (Å²) in [5, 5.41) is 9.23. The molecule has 1 aromatic rings. The van der Waals surface area contributed by atoms with Gasteiger partial charge in [0.2, 0.25) is 10.0 Å². The number of hydrogen-bond acceptors (Lipinski definition) is 4. The van der Waals surface area contributed by atoms with Gasteiger partial charge in [-0.05, 0) is 20.3 Å². The molecule has 0 fully saturated rings. The van der Waals surface area contributed by atoms with E-state index in [2.05, 4.69) is 11.6 Å². The second-order valence-electron chi connectivity index (χ2n) is 4.29. The summed E-state index contributed by atoms with van der Waals surface area (Å²) in [6, 6.07) is 0. The maximum atomic E-state index is 12.1. The predicted octanol–water partition coefficient (Wildman–Crippen LogP) is 1.86. The lowest BCUT2D eigenvalue weighted by Gasteiger charge is -2.07. The van der Waals surface area contributed by atoms with Gasteiger partial charge in [0.25, 0.3) is 0 Å². The molecule has 0 spiro atoms. The van der Waals surface area contributed by atoms with Gasteiger partial charge in [0.15, 0.2) is 0 Å². The van der Waals surface area contributed by atoms with Gasteiger partial charge in [0.05, 0.1) is 6.61 Å². The molecule has 0 bridgehead atoms. The van der Waals surface area contributed by atoms with E-state index in [1.54, 1.807) is 13.8 Å². The molecule has 0 unspecified atom stereocenters. The highest BCUT2D eigenvalue weighted by Crippen LogP contribution is 2.26. The van der Waals surface area contributed by atoms with Crippen LogP contribution in [0, 0.1) is 13.8 Å². The molecule has 104 valence electrons. The molecule has 6 heteroatoms. The summed E-state index contributed by atoms with van der Waals surface area (Å²) in [5.41, 5.74) is 0.343. The molecule has 2 N–H and O–H groups in total. The number of furan rings is 1. The zero-order valence-corrected chi connectivity index (χ0v) is 11.9. The van der Waals surface area contributed by atoms with Crippen molar-refractivity contribution < 1.29 is 17.9 Å². The van der Waals surface area contributed by atoms with Crippen LogP contribution in [0.15, 0.2) is 9.31 Å². The van der Waals surface area contributed by atoms with Crippen LogP contribution in [0.3, 0.4) is 0 Å². The van der Waals surface area contributed by atoms with Crippen LogP contribution < -0.4 is 4.72 Å². The van der Waals surface area contributed by atoms with E-state index in [4.69, 9.17) is 4.42 Å². The molecular weight excluding hydrogens is 254 g/mol. The number of rotatable bonds is 7. The highest BCUT2D eigenvalue weighted by atomic mass is 32.2. The number of sulfonamides is 1. The average molecular weight is 275 g/mol. The molecule has 0 aliphatic carbocycles. The lowest BCUT2D eigenvalue weighted by molar-refractivity contribution is 0.276. The molecule has 0 saturated carbocycles. The van der Waals surface area contributed by atoms with Crippen LogP contribution in [0.5, 0.6) is 0 Å². The first-order chi connectivity index (χ1) is 8.44. The summed E-state index contributed by atoms with van der Waals surface area (Å²) in [5.74, 6) is 0.767. The van der Waals surface area contributed by atoms with Gasteiger partial charge < -0.3 is 9.52 Å². The smallest absolute Gasteiger partial charge is 0.244 e. The molecule has 1 rings (SSSR count). The van der Waals surface area contributed by atoms with E-state index in [0.717, 1.165) is 19.3 Å². The van der Waals surface area contributed by atoms with Gasteiger partial charge in [0.1, 0.15) is 16.4 Å². The van der Waals surface area contributed by atoms with E-state index in [0.29, 0.717) is 23.6 Å². The Labute approximate surface area is 108 Å². The van der Waals surface area contributed by atoms with Crippen LogP contribution in [0.25, 0.3) is 0 Å². The molecule has 0 aromatic carbocycles. The predicted molar refractivity (Wildman–Crippen MR) is 68.8 cm³/mol. The fraction of sp³-hybridized carbons (Fsp3) is 0.667. The third-order valence-corrected chi connectivity index (χ3v) is 4.48. The quantitative estimate of drug-likeness (QED) is 0.744. The van der Waals surface area contributed by atoms with Crippen molar-refractivity contribution in [1.29, 1.82) is 0 Å². The summed E-state index contributed by atoms with van der Waals surface area (Å²) in [6.45, 7) is 5.36. The minimum atomic E-state index is -3.60. The van der Waals surface area contributed by atoms with Crippen molar-refractivity contribution in [3.63, 3.8) is 0 Å². The standard InChI is InChI=1S/C12H21NO4S/c1-4-5-6-7-13-18(15,16)12-10(3)17-9(2)11(12)8-14/h13-14H,4-8H2,1-3H3. The topological polar surface area (TPSA) is 79.5 Å². The van der Waals surface area contributed by atoms with Gasteiger partial charge in [-0.15, -0.1) is 0 Å². The lowest BCUT2D eigenvalue weighted by Crippen LogP contribution is -2.26. The third kappa shape index (κ3) is 3.34. The highest BCUT2D eigenvalue weighted by Gasteiger charge is 2.25. The number of aryl methyl sites for hydroxylation is 2. The van der Waals surface area contributed by atoms with Crippen molar-refractivity contribution in [2.75, 3.05) is 6.54 Å². The van der Waals surface area contributed by atoms with E-state index in [-0.39, 0.29) is 11.5 Å². The van der Waals surface area contributed by atoms with Crippen LogP contribution in [-0.4, -0.2) is 20.1 Å². The monoisotopic (exact) mass is 275 g/mol. The molecule has 5 nitrogen and oxygen atoms in total. The second kappa shape index (κ2) is 6.36. The van der Waals surface area contributed by atoms with Gasteiger partial charge in [-0.1, -0.05) is 19.8 Å². The second-order valence-corrected chi connectivity index (χ2v) is 5.99. The Balaban J connectivity index is 2.91. The van der Waals surface area contributed by atoms with Crippen molar-refractivity contribution in [3.05, 3.63) is 17.1 Å². The van der Waals surface area contributed by atoms with Crippen molar-refractivity contribution in [1.82, 2.24) is 4.72 Å². The van der Waals surface area contributed by atoms with Crippen LogP contribution >= 0.6 is 0 Å². The largest absolute Gasteiger partial charge is 0.465 e. The van der Waals surface area contributed by atoms with Gasteiger partial charge in [-0.2, -0.15) is 0 Å². The molecule has 0 aliphatic heterocycles. The maximum Gasteiger partial charge on any atom is 0.244 e. The summed E-state index contributed by atoms with van der Waals surface area (Å²) < 4.78 is 32.1. The molecule has 0 radical (unpaired) electrons.